The number of hydrogen-bond acceptors (Lipinski definition) is 3. The molecule has 0 radical (unpaired) electrons. The Kier molecular flexibility index (Phi) is 2.87. The summed E-state index contributed by atoms with van der Waals surface area (Å²) in [5, 5.41) is 7.71. The van der Waals surface area contributed by atoms with Crippen molar-refractivity contribution in [1.29, 1.82) is 0 Å². The van der Waals surface area contributed by atoms with Crippen molar-refractivity contribution >= 4 is 28.6 Å². The van der Waals surface area contributed by atoms with Gasteiger partial charge in [-0.05, 0) is 32.0 Å². The molecule has 1 N–H and O–H groups in total. The van der Waals surface area contributed by atoms with Gasteiger partial charge < -0.3 is 4.74 Å². The molecule has 0 spiro atoms. The lowest BCUT2D eigenvalue weighted by molar-refractivity contribution is -0.116. The van der Waals surface area contributed by atoms with E-state index in [1.165, 1.54) is 0 Å². The smallest absolute Gasteiger partial charge is 0.226 e. The average molecular weight is 236 g/mol. The Morgan fingerprint density at radius 3 is 3.00 bits per heavy atom. The molecule has 0 bridgehead atoms. The summed E-state index contributed by atoms with van der Waals surface area (Å²) in [6.07, 6.45) is -0.548. The number of carbonyl (C=O) groups is 1. The molecule has 1 atom stereocenters. The van der Waals surface area contributed by atoms with Gasteiger partial charge in [0.05, 0.1) is 5.52 Å². The first-order valence-corrected chi connectivity index (χ1v) is 5.37. The zero-order valence-electron chi connectivity index (χ0n) is 9.02. The van der Waals surface area contributed by atoms with E-state index in [0.29, 0.717) is 5.75 Å². The minimum atomic E-state index is -0.548. The van der Waals surface area contributed by atoms with Gasteiger partial charge in [-0.15, -0.1) is 12.6 Å². The SMILES string of the molecule is Cc1[nH]nc2ccc(OC(C)C(=O)S)cc12. The summed E-state index contributed by atoms with van der Waals surface area (Å²) in [5.41, 5.74) is 1.86. The lowest BCUT2D eigenvalue weighted by atomic mass is 10.2. The van der Waals surface area contributed by atoms with Gasteiger partial charge in [0.25, 0.3) is 0 Å². The van der Waals surface area contributed by atoms with Crippen LogP contribution in [0.5, 0.6) is 5.75 Å². The molecule has 0 aliphatic rings. The Hall–Kier alpha value is -1.49. The maximum absolute atomic E-state index is 10.9. The Labute approximate surface area is 98.4 Å². The number of aromatic amines is 1. The van der Waals surface area contributed by atoms with Gasteiger partial charge in [0.1, 0.15) is 5.75 Å². The minimum absolute atomic E-state index is 0.288. The number of carbonyl (C=O) groups excluding carboxylic acids is 1. The Balaban J connectivity index is 2.32. The van der Waals surface area contributed by atoms with Crippen molar-refractivity contribution < 1.29 is 9.53 Å². The second-order valence-corrected chi connectivity index (χ2v) is 4.07. The summed E-state index contributed by atoms with van der Waals surface area (Å²) < 4.78 is 5.44. The fraction of sp³-hybridized carbons (Fsp3) is 0.273. The monoisotopic (exact) mass is 236 g/mol. The first-order chi connectivity index (χ1) is 7.58. The summed E-state index contributed by atoms with van der Waals surface area (Å²) in [7, 11) is 0. The highest BCUT2D eigenvalue weighted by atomic mass is 32.1. The molecule has 0 amide bonds. The van der Waals surface area contributed by atoms with Crippen LogP contribution in [0.1, 0.15) is 12.6 Å². The molecule has 1 unspecified atom stereocenters. The van der Waals surface area contributed by atoms with Gasteiger partial charge in [-0.3, -0.25) is 9.89 Å². The van der Waals surface area contributed by atoms with Gasteiger partial charge in [-0.1, -0.05) is 0 Å². The van der Waals surface area contributed by atoms with Crippen molar-refractivity contribution in [3.8, 4) is 5.75 Å². The number of nitrogens with zero attached hydrogens (tertiary/aromatic N) is 1. The number of nitrogens with one attached hydrogen (secondary N) is 1. The molecule has 4 nitrogen and oxygen atoms in total. The van der Waals surface area contributed by atoms with Gasteiger partial charge in [0, 0.05) is 11.1 Å². The molecular weight excluding hydrogens is 224 g/mol. The topological polar surface area (TPSA) is 55.0 Å². The number of H-pyrrole nitrogens is 1. The van der Waals surface area contributed by atoms with Crippen molar-refractivity contribution in [2.75, 3.05) is 0 Å². The van der Waals surface area contributed by atoms with Gasteiger partial charge in [0.2, 0.25) is 5.12 Å². The third kappa shape index (κ3) is 2.04. The standard InChI is InChI=1S/C11H12N2O2S/c1-6-9-5-8(15-7(2)11(14)16)3-4-10(9)13-12-6/h3-5,7H,1-2H3,(H,12,13)(H,14,16). The molecule has 0 fully saturated rings. The van der Waals surface area contributed by atoms with E-state index in [0.717, 1.165) is 16.6 Å². The fourth-order valence-corrected chi connectivity index (χ4v) is 1.50. The van der Waals surface area contributed by atoms with Gasteiger partial charge in [-0.25, -0.2) is 0 Å². The first-order valence-electron chi connectivity index (χ1n) is 4.92. The number of aryl methyl sites for hydroxylation is 1. The molecule has 2 aromatic rings. The maximum atomic E-state index is 10.9. The third-order valence-corrected chi connectivity index (χ3v) is 2.74. The molecule has 2 rings (SSSR count). The number of aromatic nitrogens is 2. The fourth-order valence-electron chi connectivity index (χ4n) is 1.45. The number of rotatable bonds is 3. The number of ether oxygens (including phenoxy) is 1. The van der Waals surface area contributed by atoms with Crippen LogP contribution in [0.2, 0.25) is 0 Å². The number of benzene rings is 1. The van der Waals surface area contributed by atoms with Crippen LogP contribution < -0.4 is 4.74 Å². The second-order valence-electron chi connectivity index (χ2n) is 3.63. The summed E-state index contributed by atoms with van der Waals surface area (Å²) in [4.78, 5) is 10.9. The van der Waals surface area contributed by atoms with Gasteiger partial charge in [-0.2, -0.15) is 5.10 Å². The predicted octanol–water partition coefficient (Wildman–Crippen LogP) is 2.10. The zero-order valence-corrected chi connectivity index (χ0v) is 9.91. The van der Waals surface area contributed by atoms with Crippen LogP contribution in [-0.4, -0.2) is 21.4 Å². The van der Waals surface area contributed by atoms with Gasteiger partial charge >= 0.3 is 0 Å². The normalized spacial score (nSPS) is 12.7. The Morgan fingerprint density at radius 2 is 2.31 bits per heavy atom. The highest BCUT2D eigenvalue weighted by Gasteiger charge is 2.11. The lowest BCUT2D eigenvalue weighted by Gasteiger charge is -2.10. The first kappa shape index (κ1) is 11.0. The molecule has 1 aromatic heterocycles. The molecule has 0 aliphatic heterocycles. The zero-order chi connectivity index (χ0) is 11.7. The summed E-state index contributed by atoms with van der Waals surface area (Å²) in [5.74, 6) is 0.645. The summed E-state index contributed by atoms with van der Waals surface area (Å²) >= 11 is 3.72. The Morgan fingerprint density at radius 1 is 1.56 bits per heavy atom. The van der Waals surface area contributed by atoms with E-state index in [1.54, 1.807) is 13.0 Å². The minimum Gasteiger partial charge on any atom is -0.482 e. The van der Waals surface area contributed by atoms with Crippen molar-refractivity contribution in [2.24, 2.45) is 0 Å². The molecule has 84 valence electrons. The highest BCUT2D eigenvalue weighted by molar-refractivity contribution is 7.96. The van der Waals surface area contributed by atoms with E-state index in [4.69, 9.17) is 4.74 Å². The lowest BCUT2D eigenvalue weighted by Crippen LogP contribution is -2.18. The number of fused-ring (bicyclic) bond motifs is 1. The van der Waals surface area contributed by atoms with Crippen molar-refractivity contribution in [3.63, 3.8) is 0 Å². The van der Waals surface area contributed by atoms with Crippen molar-refractivity contribution in [2.45, 2.75) is 20.0 Å². The molecule has 0 saturated heterocycles. The van der Waals surface area contributed by atoms with Crippen LogP contribution in [0.3, 0.4) is 0 Å². The van der Waals surface area contributed by atoms with Crippen LogP contribution in [-0.2, 0) is 4.79 Å². The summed E-state index contributed by atoms with van der Waals surface area (Å²) in [6, 6.07) is 5.50. The van der Waals surface area contributed by atoms with Crippen LogP contribution in [0, 0.1) is 6.92 Å². The molecule has 0 saturated carbocycles. The highest BCUT2D eigenvalue weighted by Crippen LogP contribution is 2.22. The Bertz CT molecular complexity index is 536. The molecule has 0 aliphatic carbocycles. The molecule has 1 heterocycles. The van der Waals surface area contributed by atoms with E-state index in [2.05, 4.69) is 22.8 Å². The van der Waals surface area contributed by atoms with E-state index in [-0.39, 0.29) is 5.12 Å². The molecule has 1 aromatic carbocycles. The number of hydrogen-bond donors (Lipinski definition) is 2. The van der Waals surface area contributed by atoms with Crippen LogP contribution >= 0.6 is 12.6 Å². The van der Waals surface area contributed by atoms with Crippen LogP contribution in [0.15, 0.2) is 18.2 Å². The number of thiol groups is 1. The quantitative estimate of drug-likeness (QED) is 0.802. The van der Waals surface area contributed by atoms with Crippen molar-refractivity contribution in [1.82, 2.24) is 10.2 Å². The molecule has 5 heteroatoms. The predicted molar refractivity (Wildman–Crippen MR) is 64.9 cm³/mol. The van der Waals surface area contributed by atoms with Gasteiger partial charge in [0.15, 0.2) is 6.10 Å². The second kappa shape index (κ2) is 4.17. The molecular formula is C11H12N2O2S. The summed E-state index contributed by atoms with van der Waals surface area (Å²) in [6.45, 7) is 3.61. The molecule has 16 heavy (non-hydrogen) atoms. The van der Waals surface area contributed by atoms with Crippen LogP contribution in [0.25, 0.3) is 10.9 Å². The largest absolute Gasteiger partial charge is 0.482 e. The van der Waals surface area contributed by atoms with E-state index in [1.807, 2.05) is 19.1 Å². The average Bonchev–Trinajstić information content (AvgIpc) is 2.60. The van der Waals surface area contributed by atoms with E-state index < -0.39 is 6.10 Å². The van der Waals surface area contributed by atoms with Crippen molar-refractivity contribution in [3.05, 3.63) is 23.9 Å². The van der Waals surface area contributed by atoms with E-state index >= 15 is 0 Å². The van der Waals surface area contributed by atoms with Crippen LogP contribution in [0.4, 0.5) is 0 Å². The van der Waals surface area contributed by atoms with E-state index in [9.17, 15) is 4.79 Å². The maximum Gasteiger partial charge on any atom is 0.226 e. The third-order valence-electron chi connectivity index (χ3n) is 2.38.